The highest BCUT2D eigenvalue weighted by Gasteiger charge is 2.33. The number of carbonyl (C=O) groups excluding carboxylic acids is 1. The Morgan fingerprint density at radius 2 is 1.95 bits per heavy atom. The molecular weight excluding hydrogens is 517 g/mol. The van der Waals surface area contributed by atoms with Gasteiger partial charge in [0.25, 0.3) is 0 Å². The number of halogens is 1. The first-order valence-electron chi connectivity index (χ1n) is 13.1. The van der Waals surface area contributed by atoms with Gasteiger partial charge in [0.1, 0.15) is 17.3 Å². The fraction of sp³-hybridized carbons (Fsp3) is 0.407. The predicted octanol–water partition coefficient (Wildman–Crippen LogP) is 3.11. The Balaban J connectivity index is 1.23. The summed E-state index contributed by atoms with van der Waals surface area (Å²) in [5.41, 5.74) is 2.40. The number of amides is 1. The number of aryl methyl sites for hydroxylation is 1. The highest BCUT2D eigenvalue weighted by molar-refractivity contribution is 5.95. The largest absolute Gasteiger partial charge is 0.479 e. The van der Waals surface area contributed by atoms with Crippen LogP contribution in [0.5, 0.6) is 5.88 Å². The maximum absolute atomic E-state index is 15.0. The minimum absolute atomic E-state index is 0.0174. The number of aromatic nitrogens is 6. The quantitative estimate of drug-likeness (QED) is 0.369. The summed E-state index contributed by atoms with van der Waals surface area (Å²) in [5, 5.41) is 3.02. The van der Waals surface area contributed by atoms with Crippen molar-refractivity contribution in [1.82, 2.24) is 34.4 Å². The molecule has 2 fully saturated rings. The summed E-state index contributed by atoms with van der Waals surface area (Å²) in [5.74, 6) is 1.10. The van der Waals surface area contributed by atoms with Gasteiger partial charge in [-0.1, -0.05) is 0 Å². The summed E-state index contributed by atoms with van der Waals surface area (Å²) in [6, 6.07) is 5.77. The number of ether oxygens (including phenoxy) is 2. The van der Waals surface area contributed by atoms with E-state index in [-0.39, 0.29) is 29.5 Å². The summed E-state index contributed by atoms with van der Waals surface area (Å²) in [6.45, 7) is 9.11. The predicted molar refractivity (Wildman–Crippen MR) is 146 cm³/mol. The molecule has 6 heterocycles. The van der Waals surface area contributed by atoms with Crippen LogP contribution in [0.1, 0.15) is 25.7 Å². The topological polar surface area (TPSA) is 123 Å². The third-order valence-electron chi connectivity index (χ3n) is 7.21. The minimum Gasteiger partial charge on any atom is -0.479 e. The lowest BCUT2D eigenvalue weighted by Crippen LogP contribution is -2.58. The van der Waals surface area contributed by atoms with E-state index in [0.717, 1.165) is 24.1 Å². The van der Waals surface area contributed by atoms with Crippen molar-refractivity contribution >= 4 is 34.4 Å². The molecule has 12 nitrogen and oxygen atoms in total. The van der Waals surface area contributed by atoms with Crippen LogP contribution in [-0.2, 0) is 9.53 Å². The molecule has 2 aliphatic heterocycles. The number of hydrogen-bond donors (Lipinski definition) is 1. The number of piperazine rings is 1. The van der Waals surface area contributed by atoms with Crippen LogP contribution in [0.2, 0.25) is 0 Å². The molecule has 40 heavy (non-hydrogen) atoms. The van der Waals surface area contributed by atoms with E-state index in [2.05, 4.69) is 35.1 Å². The minimum atomic E-state index is -0.624. The molecule has 0 saturated carbocycles. The van der Waals surface area contributed by atoms with Gasteiger partial charge in [-0.25, -0.2) is 29.3 Å². The summed E-state index contributed by atoms with van der Waals surface area (Å²) >= 11 is 0. The average Bonchev–Trinajstić information content (AvgIpc) is 3.25. The summed E-state index contributed by atoms with van der Waals surface area (Å²) in [6.07, 6.45) is 2.72. The van der Waals surface area contributed by atoms with E-state index in [0.29, 0.717) is 55.1 Å². The Bertz CT molecular complexity index is 1570. The molecule has 1 N–H and O–H groups in total. The van der Waals surface area contributed by atoms with Crippen LogP contribution in [0.25, 0.3) is 22.4 Å². The molecule has 0 unspecified atom stereocenters. The molecule has 208 valence electrons. The van der Waals surface area contributed by atoms with Crippen LogP contribution >= 0.6 is 0 Å². The third kappa shape index (κ3) is 4.71. The second kappa shape index (κ2) is 10.4. The number of pyridine rings is 2. The molecule has 0 atom stereocenters. The molecule has 0 spiro atoms. The number of rotatable bonds is 7. The number of anilines is 3. The number of imidazole rings is 1. The van der Waals surface area contributed by atoms with Crippen molar-refractivity contribution < 1.29 is 18.7 Å². The molecule has 13 heteroatoms. The van der Waals surface area contributed by atoms with E-state index in [1.165, 1.54) is 7.11 Å². The van der Waals surface area contributed by atoms with Crippen molar-refractivity contribution in [3.05, 3.63) is 42.2 Å². The van der Waals surface area contributed by atoms with Gasteiger partial charge in [-0.05, 0) is 39.0 Å². The van der Waals surface area contributed by atoms with Gasteiger partial charge in [-0.3, -0.25) is 9.69 Å². The molecule has 4 aromatic rings. The number of nitrogens with one attached hydrogen (secondary N) is 1. The van der Waals surface area contributed by atoms with Gasteiger partial charge < -0.3 is 24.3 Å². The summed E-state index contributed by atoms with van der Waals surface area (Å²) in [7, 11) is 1.50. The van der Waals surface area contributed by atoms with Gasteiger partial charge in [0.2, 0.25) is 17.7 Å². The van der Waals surface area contributed by atoms with Crippen LogP contribution in [0, 0.1) is 12.7 Å². The zero-order valence-corrected chi connectivity index (χ0v) is 22.8. The Morgan fingerprint density at radius 1 is 1.12 bits per heavy atom. The van der Waals surface area contributed by atoms with E-state index in [1.807, 2.05) is 31.4 Å². The molecule has 6 rings (SSSR count). The molecule has 0 aromatic carbocycles. The lowest BCUT2D eigenvalue weighted by Gasteiger charge is -2.41. The van der Waals surface area contributed by atoms with Crippen molar-refractivity contribution in [3.8, 4) is 17.3 Å². The molecule has 0 radical (unpaired) electrons. The molecule has 0 bridgehead atoms. The first kappa shape index (κ1) is 26.0. The van der Waals surface area contributed by atoms with Crippen LogP contribution in [0.15, 0.2) is 30.6 Å². The van der Waals surface area contributed by atoms with E-state index in [9.17, 15) is 9.18 Å². The third-order valence-corrected chi connectivity index (χ3v) is 7.21. The fourth-order valence-electron chi connectivity index (χ4n) is 5.15. The van der Waals surface area contributed by atoms with Gasteiger partial charge in [0, 0.05) is 19.1 Å². The molecule has 2 aliphatic rings. The molecule has 0 aliphatic carbocycles. The molecule has 4 aromatic heterocycles. The summed E-state index contributed by atoms with van der Waals surface area (Å²) in [4.78, 5) is 38.6. The smallest absolute Gasteiger partial charge is 0.242 e. The lowest BCUT2D eigenvalue weighted by molar-refractivity contribution is -0.127. The van der Waals surface area contributed by atoms with E-state index in [4.69, 9.17) is 9.47 Å². The van der Waals surface area contributed by atoms with Crippen LogP contribution in [-0.4, -0.2) is 86.3 Å². The van der Waals surface area contributed by atoms with Crippen molar-refractivity contribution in [3.63, 3.8) is 0 Å². The van der Waals surface area contributed by atoms with Crippen molar-refractivity contribution in [1.29, 1.82) is 0 Å². The molecule has 1 amide bonds. The maximum Gasteiger partial charge on any atom is 0.242 e. The molecule has 2 saturated heterocycles. The number of hydrogen-bond acceptors (Lipinski definition) is 10. The molecular formula is C27H30FN9O3. The monoisotopic (exact) mass is 547 g/mol. The van der Waals surface area contributed by atoms with Gasteiger partial charge in [0.05, 0.1) is 62.2 Å². The van der Waals surface area contributed by atoms with Crippen molar-refractivity contribution in [2.45, 2.75) is 32.9 Å². The van der Waals surface area contributed by atoms with E-state index < -0.39 is 5.82 Å². The zero-order chi connectivity index (χ0) is 28.0. The average molecular weight is 548 g/mol. The van der Waals surface area contributed by atoms with Crippen LogP contribution in [0.3, 0.4) is 0 Å². The second-order valence-electron chi connectivity index (χ2n) is 10.1. The Morgan fingerprint density at radius 3 is 2.60 bits per heavy atom. The summed E-state index contributed by atoms with van der Waals surface area (Å²) < 4.78 is 27.7. The van der Waals surface area contributed by atoms with Crippen molar-refractivity contribution in [2.75, 3.05) is 50.2 Å². The van der Waals surface area contributed by atoms with Gasteiger partial charge >= 0.3 is 0 Å². The number of nitrogens with zero attached hydrogens (tertiary/aromatic N) is 8. The van der Waals surface area contributed by atoms with E-state index >= 15 is 0 Å². The lowest BCUT2D eigenvalue weighted by atomic mass is 10.1. The first-order chi connectivity index (χ1) is 19.3. The van der Waals surface area contributed by atoms with Gasteiger partial charge in [0.15, 0.2) is 11.3 Å². The van der Waals surface area contributed by atoms with Crippen molar-refractivity contribution in [2.24, 2.45) is 0 Å². The van der Waals surface area contributed by atoms with Gasteiger partial charge in [-0.15, -0.1) is 0 Å². The zero-order valence-electron chi connectivity index (χ0n) is 22.8. The van der Waals surface area contributed by atoms with Gasteiger partial charge in [-0.2, -0.15) is 0 Å². The maximum atomic E-state index is 15.0. The number of carbonyl (C=O) groups is 1. The Labute approximate surface area is 230 Å². The van der Waals surface area contributed by atoms with E-state index in [1.54, 1.807) is 23.2 Å². The van der Waals surface area contributed by atoms with Crippen LogP contribution in [0.4, 0.5) is 21.8 Å². The highest BCUT2D eigenvalue weighted by Crippen LogP contribution is 2.32. The first-order valence-corrected chi connectivity index (χ1v) is 13.1. The SMILES string of the molecule is COc1nc(-c2nc(Nc3ccc(N4CCN(C5COC5)CC4=O)cn3)ncc2F)cc2c1nc(C)n2C(C)C. The standard InChI is InChI=1S/C27H30FN9O3/c1-15(2)37-16(3)31-25-21(37)9-20(32-26(25)39-4)24-19(28)11-30-27(34-24)33-22-6-5-17(10-29-22)36-8-7-35(12-23(36)38)18-13-40-14-18/h5-6,9-11,15,18H,7-8,12-14H2,1-4H3,(H,29,30,33,34). The van der Waals surface area contributed by atoms with Crippen LogP contribution < -0.4 is 15.0 Å². The Kier molecular flexibility index (Phi) is 6.76. The second-order valence-corrected chi connectivity index (χ2v) is 10.1. The Hall–Kier alpha value is -4.23. The fourth-order valence-corrected chi connectivity index (χ4v) is 5.15. The normalized spacial score (nSPS) is 16.6. The number of methoxy groups -OCH3 is 1. The highest BCUT2D eigenvalue weighted by atomic mass is 19.1. The number of fused-ring (bicyclic) bond motifs is 1.